The van der Waals surface area contributed by atoms with Crippen molar-refractivity contribution in [1.82, 2.24) is 9.13 Å². The largest absolute Gasteiger partial charge is 0.309 e. The van der Waals surface area contributed by atoms with Gasteiger partial charge in [0.1, 0.15) is 0 Å². The molecule has 0 saturated carbocycles. The monoisotopic (exact) mass is 672 g/mol. The van der Waals surface area contributed by atoms with E-state index in [1.54, 1.807) is 0 Å². The third kappa shape index (κ3) is 5.33. The highest BCUT2D eigenvalue weighted by Crippen LogP contribution is 2.39. The first-order valence-corrected chi connectivity index (χ1v) is 18.4. The molecule has 2 aromatic heterocycles. The lowest BCUT2D eigenvalue weighted by Gasteiger charge is -2.20. The Labute approximate surface area is 306 Å². The fraction of sp³-hybridized carbons (Fsp3) is 0.160. The van der Waals surface area contributed by atoms with E-state index in [4.69, 9.17) is 0 Å². The average Bonchev–Trinajstić information content (AvgIpc) is 3.66. The van der Waals surface area contributed by atoms with Crippen LogP contribution in [0.25, 0.3) is 77.2 Å². The molecular weight excluding hydrogens is 629 g/mol. The molecule has 0 aliphatic rings. The first kappa shape index (κ1) is 32.1. The van der Waals surface area contributed by atoms with Gasteiger partial charge < -0.3 is 9.13 Å². The fourth-order valence-corrected chi connectivity index (χ4v) is 7.96. The van der Waals surface area contributed by atoms with Gasteiger partial charge in [-0.1, -0.05) is 145 Å². The highest BCUT2D eigenvalue weighted by molar-refractivity contribution is 6.12. The number of nitrogens with zero attached hydrogens (tertiary/aromatic N) is 2. The normalized spacial score (nSPS) is 12.4. The maximum Gasteiger partial charge on any atom is 0.0541 e. The zero-order valence-electron chi connectivity index (χ0n) is 30.9. The van der Waals surface area contributed by atoms with Gasteiger partial charge in [0, 0.05) is 32.9 Å². The number of rotatable bonds is 4. The standard InChI is InChI=1S/C50H44N2/c1-49(2,3)37-16-11-14-33(28-37)35-24-26-47-43(30-35)41-20-7-9-22-45(41)51(47)39-18-13-19-40(32-39)52-46-23-10-8-21-42(46)44-31-36(25-27-48(44)52)34-15-12-17-38(29-34)50(4,5)6/h7-32H,1-6H3. The van der Waals surface area contributed by atoms with Gasteiger partial charge >= 0.3 is 0 Å². The second-order valence-electron chi connectivity index (χ2n) is 16.4. The Morgan fingerprint density at radius 2 is 0.692 bits per heavy atom. The van der Waals surface area contributed by atoms with Crippen LogP contribution in [0.5, 0.6) is 0 Å². The van der Waals surface area contributed by atoms with Crippen LogP contribution in [-0.2, 0) is 10.8 Å². The van der Waals surface area contributed by atoms with Crippen LogP contribution >= 0.6 is 0 Å². The van der Waals surface area contributed by atoms with Crippen LogP contribution in [0.2, 0.25) is 0 Å². The Morgan fingerprint density at radius 3 is 1.13 bits per heavy atom. The minimum atomic E-state index is 0.0951. The summed E-state index contributed by atoms with van der Waals surface area (Å²) in [6.45, 7) is 13.7. The predicted octanol–water partition coefficient (Wildman–Crippen LogP) is 13.8. The summed E-state index contributed by atoms with van der Waals surface area (Å²) < 4.78 is 4.86. The van der Waals surface area contributed by atoms with Crippen LogP contribution in [0.3, 0.4) is 0 Å². The maximum absolute atomic E-state index is 2.43. The molecule has 9 aromatic rings. The van der Waals surface area contributed by atoms with Crippen molar-refractivity contribution in [2.45, 2.75) is 52.4 Å². The first-order chi connectivity index (χ1) is 25.0. The molecule has 0 aliphatic heterocycles. The summed E-state index contributed by atoms with van der Waals surface area (Å²) in [5, 5.41) is 5.05. The molecule has 0 unspecified atom stereocenters. The Kier molecular flexibility index (Phi) is 7.31. The van der Waals surface area contributed by atoms with E-state index in [-0.39, 0.29) is 10.8 Å². The van der Waals surface area contributed by atoms with Gasteiger partial charge in [0.25, 0.3) is 0 Å². The maximum atomic E-state index is 2.43. The lowest BCUT2D eigenvalue weighted by molar-refractivity contribution is 0.590. The van der Waals surface area contributed by atoms with E-state index in [2.05, 4.69) is 208 Å². The van der Waals surface area contributed by atoms with Crippen LogP contribution in [0.15, 0.2) is 158 Å². The molecule has 0 bridgehead atoms. The van der Waals surface area contributed by atoms with Gasteiger partial charge in [-0.2, -0.15) is 0 Å². The number of para-hydroxylation sites is 2. The lowest BCUT2D eigenvalue weighted by atomic mass is 9.85. The molecule has 0 spiro atoms. The number of hydrogen-bond acceptors (Lipinski definition) is 0. The third-order valence-corrected chi connectivity index (χ3v) is 10.8. The summed E-state index contributed by atoms with van der Waals surface area (Å²) in [5.74, 6) is 0. The lowest BCUT2D eigenvalue weighted by Crippen LogP contribution is -2.10. The van der Waals surface area contributed by atoms with Crippen molar-refractivity contribution in [2.24, 2.45) is 0 Å². The molecule has 2 heteroatoms. The topological polar surface area (TPSA) is 9.86 Å². The Balaban J connectivity index is 1.20. The first-order valence-electron chi connectivity index (χ1n) is 18.4. The zero-order chi connectivity index (χ0) is 35.8. The van der Waals surface area contributed by atoms with E-state index in [0.717, 1.165) is 11.4 Å². The Morgan fingerprint density at radius 1 is 0.308 bits per heavy atom. The van der Waals surface area contributed by atoms with Crippen LogP contribution in [-0.4, -0.2) is 9.13 Å². The number of aromatic nitrogens is 2. The van der Waals surface area contributed by atoms with Crippen LogP contribution in [0, 0.1) is 0 Å². The van der Waals surface area contributed by atoms with Crippen LogP contribution in [0.4, 0.5) is 0 Å². The van der Waals surface area contributed by atoms with Crippen molar-refractivity contribution < 1.29 is 0 Å². The molecule has 52 heavy (non-hydrogen) atoms. The van der Waals surface area contributed by atoms with Crippen LogP contribution in [0.1, 0.15) is 52.7 Å². The van der Waals surface area contributed by atoms with Crippen molar-refractivity contribution in [3.05, 3.63) is 169 Å². The van der Waals surface area contributed by atoms with E-state index < -0.39 is 0 Å². The predicted molar refractivity (Wildman–Crippen MR) is 223 cm³/mol. The smallest absolute Gasteiger partial charge is 0.0541 e. The average molecular weight is 673 g/mol. The quantitative estimate of drug-likeness (QED) is 0.176. The molecule has 0 saturated heterocycles. The van der Waals surface area contributed by atoms with Gasteiger partial charge in [-0.15, -0.1) is 0 Å². The molecule has 0 N–H and O–H groups in total. The summed E-state index contributed by atoms with van der Waals surface area (Å²) in [4.78, 5) is 0. The van der Waals surface area contributed by atoms with Crippen molar-refractivity contribution in [1.29, 1.82) is 0 Å². The van der Waals surface area contributed by atoms with E-state index >= 15 is 0 Å². The molecule has 2 nitrogen and oxygen atoms in total. The summed E-state index contributed by atoms with van der Waals surface area (Å²) in [6.07, 6.45) is 0. The fourth-order valence-electron chi connectivity index (χ4n) is 7.96. The van der Waals surface area contributed by atoms with Crippen molar-refractivity contribution >= 4 is 43.6 Å². The van der Waals surface area contributed by atoms with Gasteiger partial charge in [0.05, 0.1) is 22.1 Å². The third-order valence-electron chi connectivity index (χ3n) is 10.8. The van der Waals surface area contributed by atoms with Crippen molar-refractivity contribution in [2.75, 3.05) is 0 Å². The van der Waals surface area contributed by atoms with Gasteiger partial charge in [-0.25, -0.2) is 0 Å². The summed E-state index contributed by atoms with van der Waals surface area (Å²) in [5.41, 5.74) is 15.0. The second kappa shape index (κ2) is 11.9. The molecule has 2 heterocycles. The summed E-state index contributed by atoms with van der Waals surface area (Å²) in [6, 6.07) is 58.6. The van der Waals surface area contributed by atoms with Gasteiger partial charge in [-0.3, -0.25) is 0 Å². The molecule has 7 aromatic carbocycles. The van der Waals surface area contributed by atoms with Gasteiger partial charge in [-0.05, 0) is 98.8 Å². The molecule has 0 atom stereocenters. The minimum absolute atomic E-state index is 0.0951. The SMILES string of the molecule is CC(C)(C)c1cccc(-c2ccc3c(c2)c2ccccc2n3-c2cccc(-n3c4ccccc4c4cc(-c5cccc(C(C)(C)C)c5)ccc43)c2)c1. The highest BCUT2D eigenvalue weighted by Gasteiger charge is 2.19. The summed E-state index contributed by atoms with van der Waals surface area (Å²) >= 11 is 0. The van der Waals surface area contributed by atoms with Gasteiger partial charge in [0.2, 0.25) is 0 Å². The van der Waals surface area contributed by atoms with Crippen molar-refractivity contribution in [3.8, 4) is 33.6 Å². The molecule has 0 aliphatic carbocycles. The highest BCUT2D eigenvalue weighted by atomic mass is 15.0. The van der Waals surface area contributed by atoms with E-state index in [1.165, 1.54) is 77.0 Å². The second-order valence-corrected chi connectivity index (χ2v) is 16.4. The molecular formula is C50H44N2. The molecule has 9 rings (SSSR count). The van der Waals surface area contributed by atoms with Crippen LogP contribution < -0.4 is 0 Å². The number of fused-ring (bicyclic) bond motifs is 6. The Bertz CT molecular complexity index is 2620. The van der Waals surface area contributed by atoms with E-state index in [9.17, 15) is 0 Å². The van der Waals surface area contributed by atoms with E-state index in [1.807, 2.05) is 0 Å². The van der Waals surface area contributed by atoms with Crippen molar-refractivity contribution in [3.63, 3.8) is 0 Å². The number of hydrogen-bond donors (Lipinski definition) is 0. The molecule has 254 valence electrons. The molecule has 0 fully saturated rings. The van der Waals surface area contributed by atoms with E-state index in [0.29, 0.717) is 0 Å². The molecule has 0 radical (unpaired) electrons. The number of benzene rings is 7. The zero-order valence-corrected chi connectivity index (χ0v) is 30.9. The molecule has 0 amide bonds. The Hall–Kier alpha value is -5.86. The minimum Gasteiger partial charge on any atom is -0.309 e. The summed E-state index contributed by atoms with van der Waals surface area (Å²) in [7, 11) is 0. The van der Waals surface area contributed by atoms with Gasteiger partial charge in [0.15, 0.2) is 0 Å².